The maximum absolute atomic E-state index is 12.8. The molecule has 0 spiro atoms. The van der Waals surface area contributed by atoms with Crippen molar-refractivity contribution in [3.05, 3.63) is 62.9 Å². The number of halogens is 1. The summed E-state index contributed by atoms with van der Waals surface area (Å²) in [6.07, 6.45) is 2.61. The summed E-state index contributed by atoms with van der Waals surface area (Å²) < 4.78 is 1.07. The molecule has 3 nitrogen and oxygen atoms in total. The number of thiazole rings is 1. The summed E-state index contributed by atoms with van der Waals surface area (Å²) in [7, 11) is 0. The average Bonchev–Trinajstić information content (AvgIpc) is 3.20. The SMILES string of the molecule is O=C(Cc1csc(-c2cc(Br)cs2)n1)N(Cc1ccccc1)C1CC1. The van der Waals surface area contributed by atoms with Crippen LogP contribution in [0.15, 0.2) is 51.6 Å². The Morgan fingerprint density at radius 1 is 1.20 bits per heavy atom. The fourth-order valence-corrected chi connectivity index (χ4v) is 5.10. The van der Waals surface area contributed by atoms with E-state index >= 15 is 0 Å². The van der Waals surface area contributed by atoms with Gasteiger partial charge >= 0.3 is 0 Å². The van der Waals surface area contributed by atoms with Crippen molar-refractivity contribution in [3.63, 3.8) is 0 Å². The standard InChI is InChI=1S/C19H17BrN2OS2/c20-14-8-17(24-11-14)19-21-15(12-25-19)9-18(23)22(16-6-7-16)10-13-4-2-1-3-5-13/h1-5,8,11-12,16H,6-7,9-10H2. The van der Waals surface area contributed by atoms with Gasteiger partial charge in [0.1, 0.15) is 5.01 Å². The molecule has 25 heavy (non-hydrogen) atoms. The average molecular weight is 433 g/mol. The van der Waals surface area contributed by atoms with Crippen molar-refractivity contribution in [1.82, 2.24) is 9.88 Å². The highest BCUT2D eigenvalue weighted by Gasteiger charge is 2.32. The molecule has 0 radical (unpaired) electrons. The zero-order valence-corrected chi connectivity index (χ0v) is 16.7. The van der Waals surface area contributed by atoms with Gasteiger partial charge in [-0.25, -0.2) is 4.98 Å². The minimum atomic E-state index is 0.176. The van der Waals surface area contributed by atoms with E-state index in [1.807, 2.05) is 28.5 Å². The molecular formula is C19H17BrN2OS2. The Hall–Kier alpha value is -1.50. The van der Waals surface area contributed by atoms with Crippen LogP contribution in [0, 0.1) is 0 Å². The predicted octanol–water partition coefficient (Wildman–Crippen LogP) is 5.37. The van der Waals surface area contributed by atoms with E-state index in [9.17, 15) is 4.79 Å². The Balaban J connectivity index is 1.45. The third-order valence-corrected chi connectivity index (χ3v) is 6.92. The zero-order valence-electron chi connectivity index (χ0n) is 13.5. The third kappa shape index (κ3) is 4.19. The molecule has 1 aliphatic carbocycles. The van der Waals surface area contributed by atoms with Gasteiger partial charge < -0.3 is 4.90 Å². The van der Waals surface area contributed by atoms with Crippen molar-refractivity contribution in [2.45, 2.75) is 31.8 Å². The molecule has 2 heterocycles. The van der Waals surface area contributed by atoms with Gasteiger partial charge in [0.05, 0.1) is 17.0 Å². The van der Waals surface area contributed by atoms with Crippen LogP contribution in [0.5, 0.6) is 0 Å². The summed E-state index contributed by atoms with van der Waals surface area (Å²) in [6, 6.07) is 12.7. The number of rotatable bonds is 6. The zero-order chi connectivity index (χ0) is 17.2. The first-order valence-electron chi connectivity index (χ1n) is 8.21. The van der Waals surface area contributed by atoms with E-state index in [0.29, 0.717) is 19.0 Å². The van der Waals surface area contributed by atoms with Gasteiger partial charge in [-0.2, -0.15) is 0 Å². The molecular weight excluding hydrogens is 416 g/mol. The number of benzene rings is 1. The maximum Gasteiger partial charge on any atom is 0.229 e. The van der Waals surface area contributed by atoms with Crippen LogP contribution in [0.2, 0.25) is 0 Å². The van der Waals surface area contributed by atoms with Crippen LogP contribution in [0.25, 0.3) is 9.88 Å². The van der Waals surface area contributed by atoms with E-state index in [2.05, 4.69) is 44.5 Å². The van der Waals surface area contributed by atoms with E-state index in [0.717, 1.165) is 32.9 Å². The van der Waals surface area contributed by atoms with Gasteiger partial charge in [0.15, 0.2) is 0 Å². The molecule has 1 aromatic carbocycles. The van der Waals surface area contributed by atoms with Crippen LogP contribution in [0.3, 0.4) is 0 Å². The fourth-order valence-electron chi connectivity index (χ4n) is 2.77. The normalized spacial score (nSPS) is 13.8. The van der Waals surface area contributed by atoms with Crippen LogP contribution < -0.4 is 0 Å². The highest BCUT2D eigenvalue weighted by Crippen LogP contribution is 2.33. The molecule has 1 amide bonds. The Kier molecular flexibility index (Phi) is 5.01. The van der Waals surface area contributed by atoms with Gasteiger partial charge in [-0.05, 0) is 40.4 Å². The minimum absolute atomic E-state index is 0.176. The molecule has 0 unspecified atom stereocenters. The number of nitrogens with zero attached hydrogens (tertiary/aromatic N) is 2. The predicted molar refractivity (Wildman–Crippen MR) is 107 cm³/mol. The van der Waals surface area contributed by atoms with Gasteiger partial charge in [-0.3, -0.25) is 4.79 Å². The third-order valence-electron chi connectivity index (χ3n) is 4.17. The highest BCUT2D eigenvalue weighted by atomic mass is 79.9. The van der Waals surface area contributed by atoms with Crippen LogP contribution >= 0.6 is 38.6 Å². The summed E-state index contributed by atoms with van der Waals surface area (Å²) in [5.41, 5.74) is 2.05. The maximum atomic E-state index is 12.8. The van der Waals surface area contributed by atoms with Gasteiger partial charge in [0.25, 0.3) is 0 Å². The summed E-state index contributed by atoms with van der Waals surface area (Å²) in [4.78, 5) is 20.7. The van der Waals surface area contributed by atoms with Gasteiger partial charge in [-0.1, -0.05) is 30.3 Å². The second kappa shape index (κ2) is 7.40. The number of aromatic nitrogens is 1. The second-order valence-corrected chi connectivity index (χ2v) is 8.87. The summed E-state index contributed by atoms with van der Waals surface area (Å²) in [6.45, 7) is 0.694. The van der Waals surface area contributed by atoms with Crippen LogP contribution in [-0.4, -0.2) is 21.8 Å². The van der Waals surface area contributed by atoms with Crippen molar-refractivity contribution in [2.75, 3.05) is 0 Å². The van der Waals surface area contributed by atoms with E-state index in [1.54, 1.807) is 22.7 Å². The monoisotopic (exact) mass is 432 g/mol. The molecule has 6 heteroatoms. The molecule has 128 valence electrons. The molecule has 0 aliphatic heterocycles. The summed E-state index contributed by atoms with van der Waals surface area (Å²) in [5.74, 6) is 0.176. The first kappa shape index (κ1) is 16.9. The Labute approximate surface area is 163 Å². The number of thiophene rings is 1. The first-order valence-corrected chi connectivity index (χ1v) is 10.8. The van der Waals surface area contributed by atoms with Crippen molar-refractivity contribution in [3.8, 4) is 9.88 Å². The number of hydrogen-bond donors (Lipinski definition) is 0. The van der Waals surface area contributed by atoms with Crippen molar-refractivity contribution >= 4 is 44.5 Å². The smallest absolute Gasteiger partial charge is 0.229 e. The molecule has 2 aromatic heterocycles. The van der Waals surface area contributed by atoms with Crippen LogP contribution in [-0.2, 0) is 17.8 Å². The second-order valence-electron chi connectivity index (χ2n) is 6.19. The molecule has 0 atom stereocenters. The van der Waals surface area contributed by atoms with Crippen molar-refractivity contribution in [1.29, 1.82) is 0 Å². The quantitative estimate of drug-likeness (QED) is 0.524. The van der Waals surface area contributed by atoms with E-state index < -0.39 is 0 Å². The lowest BCUT2D eigenvalue weighted by molar-refractivity contribution is -0.131. The first-order chi connectivity index (χ1) is 12.2. The molecule has 0 bridgehead atoms. The molecule has 0 N–H and O–H groups in total. The van der Waals surface area contributed by atoms with Crippen molar-refractivity contribution < 1.29 is 4.79 Å². The molecule has 1 saturated carbocycles. The molecule has 1 fully saturated rings. The molecule has 3 aromatic rings. The minimum Gasteiger partial charge on any atom is -0.335 e. The molecule has 1 aliphatic rings. The van der Waals surface area contributed by atoms with Gasteiger partial charge in [-0.15, -0.1) is 22.7 Å². The Morgan fingerprint density at radius 2 is 2.00 bits per heavy atom. The van der Waals surface area contributed by atoms with Gasteiger partial charge in [0.2, 0.25) is 5.91 Å². The largest absolute Gasteiger partial charge is 0.335 e. The van der Waals surface area contributed by atoms with E-state index in [1.165, 1.54) is 5.56 Å². The topological polar surface area (TPSA) is 33.2 Å². The van der Waals surface area contributed by atoms with Gasteiger partial charge in [0, 0.05) is 27.8 Å². The number of amides is 1. The van der Waals surface area contributed by atoms with Crippen LogP contribution in [0.1, 0.15) is 24.1 Å². The van der Waals surface area contributed by atoms with Crippen molar-refractivity contribution in [2.24, 2.45) is 0 Å². The highest BCUT2D eigenvalue weighted by molar-refractivity contribution is 9.10. The number of hydrogen-bond acceptors (Lipinski definition) is 4. The van der Waals surface area contributed by atoms with Crippen LogP contribution in [0.4, 0.5) is 0 Å². The lowest BCUT2D eigenvalue weighted by Gasteiger charge is -2.22. The summed E-state index contributed by atoms with van der Waals surface area (Å²) in [5, 5.41) is 5.05. The lowest BCUT2D eigenvalue weighted by Crippen LogP contribution is -2.33. The van der Waals surface area contributed by atoms with E-state index in [4.69, 9.17) is 0 Å². The van der Waals surface area contributed by atoms with E-state index in [-0.39, 0.29) is 5.91 Å². The lowest BCUT2D eigenvalue weighted by atomic mass is 10.2. The molecule has 0 saturated heterocycles. The fraction of sp³-hybridized carbons (Fsp3) is 0.263. The number of carbonyl (C=O) groups is 1. The molecule has 4 rings (SSSR count). The summed E-state index contributed by atoms with van der Waals surface area (Å²) >= 11 is 6.75. The number of carbonyl (C=O) groups excluding carboxylic acids is 1. The Morgan fingerprint density at radius 3 is 2.68 bits per heavy atom. The Bertz CT molecular complexity index is 870.